The van der Waals surface area contributed by atoms with Gasteiger partial charge in [0, 0.05) is 38.3 Å². The van der Waals surface area contributed by atoms with Crippen molar-refractivity contribution in [3.8, 4) is 0 Å². The Morgan fingerprint density at radius 1 is 1.07 bits per heavy atom. The molecule has 1 fully saturated rings. The van der Waals surface area contributed by atoms with Crippen LogP contribution in [0.2, 0.25) is 0 Å². The van der Waals surface area contributed by atoms with Crippen LogP contribution in [0.15, 0.2) is 48.5 Å². The standard InChI is InChI=1S/C22H26N4O4/c1-16-6-8-18(9-7-16)14-21(27)24-10-12-25(13-11-24)22(28)23-17(2)19-4-3-5-20(15-19)26(29)30/h3-9,15,17H,10-14H2,1-2H3,(H,23,28). The van der Waals surface area contributed by atoms with Crippen LogP contribution in [0.1, 0.15) is 29.7 Å². The van der Waals surface area contributed by atoms with Gasteiger partial charge in [-0.2, -0.15) is 0 Å². The number of hydrogen-bond acceptors (Lipinski definition) is 4. The minimum absolute atomic E-state index is 0.00528. The van der Waals surface area contributed by atoms with E-state index in [-0.39, 0.29) is 23.7 Å². The Morgan fingerprint density at radius 2 is 1.70 bits per heavy atom. The molecule has 1 heterocycles. The van der Waals surface area contributed by atoms with Gasteiger partial charge in [-0.3, -0.25) is 14.9 Å². The fraction of sp³-hybridized carbons (Fsp3) is 0.364. The lowest BCUT2D eigenvalue weighted by atomic mass is 10.1. The summed E-state index contributed by atoms with van der Waals surface area (Å²) in [4.78, 5) is 39.0. The van der Waals surface area contributed by atoms with Gasteiger partial charge in [-0.1, -0.05) is 42.0 Å². The lowest BCUT2D eigenvalue weighted by Gasteiger charge is -2.35. The number of nitro groups is 1. The van der Waals surface area contributed by atoms with Crippen molar-refractivity contribution in [2.24, 2.45) is 0 Å². The van der Waals surface area contributed by atoms with E-state index in [4.69, 9.17) is 0 Å². The Balaban J connectivity index is 1.50. The molecule has 0 radical (unpaired) electrons. The molecular weight excluding hydrogens is 384 g/mol. The van der Waals surface area contributed by atoms with Crippen molar-refractivity contribution in [1.29, 1.82) is 0 Å². The molecule has 0 aliphatic carbocycles. The zero-order valence-electron chi connectivity index (χ0n) is 17.2. The van der Waals surface area contributed by atoms with Crippen molar-refractivity contribution >= 4 is 17.6 Å². The number of non-ortho nitro benzene ring substituents is 1. The van der Waals surface area contributed by atoms with Crippen molar-refractivity contribution in [2.45, 2.75) is 26.3 Å². The number of nitrogens with one attached hydrogen (secondary N) is 1. The van der Waals surface area contributed by atoms with E-state index in [2.05, 4.69) is 5.32 Å². The summed E-state index contributed by atoms with van der Waals surface area (Å²) >= 11 is 0. The number of rotatable bonds is 5. The summed E-state index contributed by atoms with van der Waals surface area (Å²) in [6.07, 6.45) is 0.357. The predicted octanol–water partition coefficient (Wildman–Crippen LogP) is 3.06. The van der Waals surface area contributed by atoms with Crippen LogP contribution >= 0.6 is 0 Å². The van der Waals surface area contributed by atoms with E-state index in [1.807, 2.05) is 31.2 Å². The van der Waals surface area contributed by atoms with Crippen molar-refractivity contribution in [3.05, 3.63) is 75.3 Å². The lowest BCUT2D eigenvalue weighted by molar-refractivity contribution is -0.384. The van der Waals surface area contributed by atoms with Crippen LogP contribution in [0, 0.1) is 17.0 Å². The summed E-state index contributed by atoms with van der Waals surface area (Å²) in [6, 6.07) is 13.6. The summed E-state index contributed by atoms with van der Waals surface area (Å²) in [5, 5.41) is 13.8. The number of amides is 3. The Morgan fingerprint density at radius 3 is 2.33 bits per heavy atom. The topological polar surface area (TPSA) is 95.8 Å². The second-order valence-corrected chi connectivity index (χ2v) is 7.55. The van der Waals surface area contributed by atoms with Gasteiger partial charge in [0.05, 0.1) is 17.4 Å². The van der Waals surface area contributed by atoms with Gasteiger partial charge in [-0.05, 0) is 25.0 Å². The van der Waals surface area contributed by atoms with E-state index >= 15 is 0 Å². The van der Waals surface area contributed by atoms with Gasteiger partial charge in [-0.15, -0.1) is 0 Å². The molecule has 3 amide bonds. The number of nitro benzene ring substituents is 1. The average Bonchev–Trinajstić information content (AvgIpc) is 2.75. The highest BCUT2D eigenvalue weighted by atomic mass is 16.6. The zero-order valence-corrected chi connectivity index (χ0v) is 17.2. The number of urea groups is 1. The van der Waals surface area contributed by atoms with Crippen molar-refractivity contribution in [1.82, 2.24) is 15.1 Å². The van der Waals surface area contributed by atoms with Crippen molar-refractivity contribution < 1.29 is 14.5 Å². The number of aryl methyl sites for hydroxylation is 1. The number of piperazine rings is 1. The SMILES string of the molecule is Cc1ccc(CC(=O)N2CCN(C(=O)NC(C)c3cccc([N+](=O)[O-])c3)CC2)cc1. The van der Waals surface area contributed by atoms with Crippen molar-refractivity contribution in [3.63, 3.8) is 0 Å². The summed E-state index contributed by atoms with van der Waals surface area (Å²) in [5.41, 5.74) is 2.81. The van der Waals surface area contributed by atoms with Gasteiger partial charge in [0.1, 0.15) is 0 Å². The molecule has 1 aliphatic rings. The monoisotopic (exact) mass is 410 g/mol. The van der Waals surface area contributed by atoms with E-state index in [1.54, 1.807) is 28.9 Å². The van der Waals surface area contributed by atoms with Crippen LogP contribution in [0.4, 0.5) is 10.5 Å². The van der Waals surface area contributed by atoms with E-state index < -0.39 is 4.92 Å². The van der Waals surface area contributed by atoms with Gasteiger partial charge < -0.3 is 15.1 Å². The molecule has 1 unspecified atom stereocenters. The molecule has 3 rings (SSSR count). The van der Waals surface area contributed by atoms with Gasteiger partial charge in [-0.25, -0.2) is 4.79 Å². The maximum absolute atomic E-state index is 12.6. The molecule has 0 spiro atoms. The molecule has 2 aromatic rings. The zero-order chi connectivity index (χ0) is 21.7. The second-order valence-electron chi connectivity index (χ2n) is 7.55. The molecule has 0 bridgehead atoms. The maximum atomic E-state index is 12.6. The molecule has 0 saturated carbocycles. The van der Waals surface area contributed by atoms with Crippen LogP contribution in [0.25, 0.3) is 0 Å². The molecule has 8 nitrogen and oxygen atoms in total. The van der Waals surface area contributed by atoms with Gasteiger partial charge in [0.15, 0.2) is 0 Å². The Hall–Kier alpha value is -3.42. The highest BCUT2D eigenvalue weighted by Gasteiger charge is 2.25. The molecular formula is C22H26N4O4. The molecule has 8 heteroatoms. The molecule has 2 aromatic carbocycles. The fourth-order valence-electron chi connectivity index (χ4n) is 3.42. The van der Waals surface area contributed by atoms with Crippen LogP contribution in [-0.4, -0.2) is 52.8 Å². The smallest absolute Gasteiger partial charge is 0.317 e. The van der Waals surface area contributed by atoms with E-state index in [0.29, 0.717) is 38.2 Å². The summed E-state index contributed by atoms with van der Waals surface area (Å²) < 4.78 is 0. The van der Waals surface area contributed by atoms with Crippen LogP contribution < -0.4 is 5.32 Å². The fourth-order valence-corrected chi connectivity index (χ4v) is 3.42. The molecule has 158 valence electrons. The average molecular weight is 410 g/mol. The molecule has 1 saturated heterocycles. The molecule has 1 aliphatic heterocycles. The maximum Gasteiger partial charge on any atom is 0.317 e. The van der Waals surface area contributed by atoms with Crippen LogP contribution in [-0.2, 0) is 11.2 Å². The van der Waals surface area contributed by atoms with E-state index in [0.717, 1.165) is 11.1 Å². The van der Waals surface area contributed by atoms with Gasteiger partial charge in [0.25, 0.3) is 5.69 Å². The third-order valence-corrected chi connectivity index (χ3v) is 5.32. The highest BCUT2D eigenvalue weighted by Crippen LogP contribution is 2.19. The molecule has 0 aromatic heterocycles. The summed E-state index contributed by atoms with van der Waals surface area (Å²) in [6.45, 7) is 5.68. The van der Waals surface area contributed by atoms with Crippen molar-refractivity contribution in [2.75, 3.05) is 26.2 Å². The van der Waals surface area contributed by atoms with E-state index in [9.17, 15) is 19.7 Å². The predicted molar refractivity (Wildman–Crippen MR) is 113 cm³/mol. The Kier molecular flexibility index (Phi) is 6.66. The number of hydrogen-bond donors (Lipinski definition) is 1. The Bertz CT molecular complexity index is 921. The van der Waals surface area contributed by atoms with E-state index in [1.165, 1.54) is 12.1 Å². The third-order valence-electron chi connectivity index (χ3n) is 5.32. The first-order chi connectivity index (χ1) is 14.3. The van der Waals surface area contributed by atoms with Gasteiger partial charge >= 0.3 is 6.03 Å². The number of nitrogens with zero attached hydrogens (tertiary/aromatic N) is 3. The quantitative estimate of drug-likeness (QED) is 0.605. The number of carbonyl (C=O) groups is 2. The number of benzene rings is 2. The van der Waals surface area contributed by atoms with Crippen LogP contribution in [0.3, 0.4) is 0 Å². The lowest BCUT2D eigenvalue weighted by Crippen LogP contribution is -2.53. The largest absolute Gasteiger partial charge is 0.339 e. The first-order valence-electron chi connectivity index (χ1n) is 9.96. The van der Waals surface area contributed by atoms with Crippen LogP contribution in [0.5, 0.6) is 0 Å². The highest BCUT2D eigenvalue weighted by molar-refractivity contribution is 5.79. The first-order valence-corrected chi connectivity index (χ1v) is 9.96. The first kappa shape index (κ1) is 21.3. The number of carbonyl (C=O) groups excluding carboxylic acids is 2. The summed E-state index contributed by atoms with van der Waals surface area (Å²) in [7, 11) is 0. The third kappa shape index (κ3) is 5.34. The molecule has 30 heavy (non-hydrogen) atoms. The molecule has 1 N–H and O–H groups in total. The molecule has 1 atom stereocenters. The van der Waals surface area contributed by atoms with Gasteiger partial charge in [0.2, 0.25) is 5.91 Å². The minimum atomic E-state index is -0.453. The second kappa shape index (κ2) is 9.39. The minimum Gasteiger partial charge on any atom is -0.339 e. The summed E-state index contributed by atoms with van der Waals surface area (Å²) in [5.74, 6) is 0.0591. The normalized spacial score (nSPS) is 14.9. The Labute approximate surface area is 175 Å².